The first kappa shape index (κ1) is 32.8. The highest BCUT2D eigenvalue weighted by Crippen LogP contribution is 2.34. The lowest BCUT2D eigenvalue weighted by Gasteiger charge is -2.32. The maximum Gasteiger partial charge on any atom is 0.243 e. The van der Waals surface area contributed by atoms with Crippen LogP contribution >= 0.6 is 0 Å². The number of fused-ring (bicyclic) bond motifs is 1. The van der Waals surface area contributed by atoms with Gasteiger partial charge in [0.05, 0.1) is 11.9 Å². The number of rotatable bonds is 15. The molecule has 3 aromatic carbocycles. The molecule has 0 radical (unpaired) electrons. The van der Waals surface area contributed by atoms with Gasteiger partial charge in [-0.2, -0.15) is 0 Å². The Bertz CT molecular complexity index is 1500. The topological polar surface area (TPSA) is 105 Å². The number of amides is 2. The summed E-state index contributed by atoms with van der Waals surface area (Å²) in [5, 5.41) is 2.97. The minimum atomic E-state index is -3.69. The van der Waals surface area contributed by atoms with E-state index in [9.17, 15) is 22.4 Å². The predicted octanol–water partition coefficient (Wildman–Crippen LogP) is 4.70. The Labute approximate surface area is 259 Å². The van der Waals surface area contributed by atoms with Crippen molar-refractivity contribution >= 4 is 27.5 Å². The van der Waals surface area contributed by atoms with Gasteiger partial charge < -0.3 is 19.7 Å². The molecule has 1 atom stereocenters. The fourth-order valence-electron chi connectivity index (χ4n) is 5.04. The third-order valence-corrected chi connectivity index (χ3v) is 8.53. The molecule has 3 aromatic rings. The zero-order valence-electron chi connectivity index (χ0n) is 25.2. The number of hydrogen-bond acceptors (Lipinski definition) is 6. The lowest BCUT2D eigenvalue weighted by atomic mass is 10.0. The average molecular weight is 626 g/mol. The Morgan fingerprint density at radius 2 is 1.64 bits per heavy atom. The number of unbranched alkanes of at least 4 members (excludes halogenated alkanes) is 1. The van der Waals surface area contributed by atoms with Gasteiger partial charge in [-0.1, -0.05) is 55.8 Å². The lowest BCUT2D eigenvalue weighted by molar-refractivity contribution is -0.141. The van der Waals surface area contributed by atoms with Crippen molar-refractivity contribution in [2.75, 3.05) is 36.9 Å². The molecule has 1 aliphatic rings. The van der Waals surface area contributed by atoms with Crippen LogP contribution in [0.3, 0.4) is 0 Å². The first-order valence-corrected chi connectivity index (χ1v) is 16.7. The quantitative estimate of drug-likeness (QED) is 0.246. The van der Waals surface area contributed by atoms with Crippen LogP contribution in [0.25, 0.3) is 0 Å². The zero-order valence-corrected chi connectivity index (χ0v) is 26.0. The summed E-state index contributed by atoms with van der Waals surface area (Å²) < 4.78 is 51.7. The van der Waals surface area contributed by atoms with Crippen LogP contribution in [-0.2, 0) is 32.6 Å². The standard InChI is InChI=1S/C33H40FN3O6S/c1-3-4-18-35-33(39)29(22-25-9-6-5-7-10-25)36(24-26-12-14-27(34)15-13-26)32(38)11-8-19-37(44(2,40)41)28-16-17-30-31(23-28)43-21-20-42-30/h5-7,9-10,12-17,23,29H,3-4,8,11,18-22,24H2,1-2H3,(H,35,39)/t29-/m0/s1. The van der Waals surface area contributed by atoms with Crippen molar-refractivity contribution in [2.24, 2.45) is 0 Å². The third-order valence-electron chi connectivity index (χ3n) is 7.33. The summed E-state index contributed by atoms with van der Waals surface area (Å²) in [6.07, 6.45) is 3.31. The van der Waals surface area contributed by atoms with Crippen molar-refractivity contribution < 1.29 is 31.9 Å². The highest BCUT2D eigenvalue weighted by Gasteiger charge is 2.30. The molecule has 1 N–H and O–H groups in total. The van der Waals surface area contributed by atoms with E-state index in [-0.39, 0.29) is 37.7 Å². The Kier molecular flexibility index (Phi) is 11.6. The van der Waals surface area contributed by atoms with Crippen molar-refractivity contribution in [2.45, 2.75) is 51.6 Å². The highest BCUT2D eigenvalue weighted by atomic mass is 32.2. The van der Waals surface area contributed by atoms with Crippen LogP contribution in [0.2, 0.25) is 0 Å². The Morgan fingerprint density at radius 3 is 2.32 bits per heavy atom. The van der Waals surface area contributed by atoms with Crippen LogP contribution in [0.1, 0.15) is 43.7 Å². The summed E-state index contributed by atoms with van der Waals surface area (Å²) in [4.78, 5) is 29.0. The molecule has 4 rings (SSSR count). The van der Waals surface area contributed by atoms with E-state index in [0.717, 1.165) is 24.7 Å². The number of anilines is 1. The van der Waals surface area contributed by atoms with Gasteiger partial charge in [0.15, 0.2) is 11.5 Å². The number of benzene rings is 3. The van der Waals surface area contributed by atoms with Crippen molar-refractivity contribution in [1.82, 2.24) is 10.2 Å². The molecule has 0 unspecified atom stereocenters. The maximum absolute atomic E-state index is 13.9. The average Bonchev–Trinajstić information content (AvgIpc) is 3.01. The molecule has 0 aliphatic carbocycles. The second-order valence-electron chi connectivity index (χ2n) is 10.8. The molecule has 0 saturated carbocycles. The van der Waals surface area contributed by atoms with Crippen LogP contribution in [0.4, 0.5) is 10.1 Å². The highest BCUT2D eigenvalue weighted by molar-refractivity contribution is 7.92. The summed E-state index contributed by atoms with van der Waals surface area (Å²) in [5.74, 6) is 0.0247. The summed E-state index contributed by atoms with van der Waals surface area (Å²) in [5.41, 5.74) is 1.97. The number of sulfonamides is 1. The van der Waals surface area contributed by atoms with Gasteiger partial charge in [0.1, 0.15) is 25.1 Å². The number of carbonyl (C=O) groups excluding carboxylic acids is 2. The van der Waals surface area contributed by atoms with Crippen LogP contribution in [-0.4, -0.2) is 63.7 Å². The van der Waals surface area contributed by atoms with Gasteiger partial charge in [-0.15, -0.1) is 0 Å². The Balaban J connectivity index is 1.56. The summed E-state index contributed by atoms with van der Waals surface area (Å²) in [6.45, 7) is 3.43. The number of halogens is 1. The molecule has 1 heterocycles. The molecule has 0 fully saturated rings. The van der Waals surface area contributed by atoms with E-state index in [1.54, 1.807) is 30.3 Å². The summed E-state index contributed by atoms with van der Waals surface area (Å²) in [7, 11) is -3.69. The monoisotopic (exact) mass is 625 g/mol. The minimum absolute atomic E-state index is 0.00863. The normalized spacial score (nSPS) is 13.2. The van der Waals surface area contributed by atoms with E-state index in [2.05, 4.69) is 5.32 Å². The third kappa shape index (κ3) is 9.19. The second kappa shape index (κ2) is 15.6. The predicted molar refractivity (Wildman–Crippen MR) is 168 cm³/mol. The van der Waals surface area contributed by atoms with Gasteiger partial charge >= 0.3 is 0 Å². The molecule has 0 spiro atoms. The van der Waals surface area contributed by atoms with Crippen molar-refractivity contribution in [3.63, 3.8) is 0 Å². The second-order valence-corrected chi connectivity index (χ2v) is 12.7. The molecular weight excluding hydrogens is 585 g/mol. The van der Waals surface area contributed by atoms with Crippen LogP contribution in [0.5, 0.6) is 11.5 Å². The molecule has 0 saturated heterocycles. The maximum atomic E-state index is 13.9. The van der Waals surface area contributed by atoms with E-state index in [4.69, 9.17) is 9.47 Å². The molecular formula is C33H40FN3O6S. The first-order valence-electron chi connectivity index (χ1n) is 14.9. The smallest absolute Gasteiger partial charge is 0.243 e. The molecule has 9 nitrogen and oxygen atoms in total. The molecule has 11 heteroatoms. The van der Waals surface area contributed by atoms with E-state index in [0.29, 0.717) is 48.9 Å². The number of nitrogens with zero attached hydrogens (tertiary/aromatic N) is 2. The molecule has 0 aromatic heterocycles. The largest absolute Gasteiger partial charge is 0.486 e. The number of hydrogen-bond donors (Lipinski definition) is 1. The molecule has 1 aliphatic heterocycles. The van der Waals surface area contributed by atoms with Crippen LogP contribution < -0.4 is 19.1 Å². The fourth-order valence-corrected chi connectivity index (χ4v) is 5.99. The molecule has 2 amide bonds. The van der Waals surface area contributed by atoms with E-state index in [1.807, 2.05) is 37.3 Å². The Hall–Kier alpha value is -4.12. The Morgan fingerprint density at radius 1 is 0.932 bits per heavy atom. The molecule has 236 valence electrons. The van der Waals surface area contributed by atoms with Crippen LogP contribution in [0.15, 0.2) is 72.8 Å². The number of ether oxygens (including phenoxy) is 2. The van der Waals surface area contributed by atoms with E-state index in [1.165, 1.54) is 21.3 Å². The van der Waals surface area contributed by atoms with Crippen molar-refractivity contribution in [1.29, 1.82) is 0 Å². The van der Waals surface area contributed by atoms with Gasteiger partial charge in [0, 0.05) is 38.5 Å². The van der Waals surface area contributed by atoms with Crippen molar-refractivity contribution in [3.8, 4) is 11.5 Å². The minimum Gasteiger partial charge on any atom is -0.486 e. The van der Waals surface area contributed by atoms with Crippen molar-refractivity contribution in [3.05, 3.63) is 89.7 Å². The molecule has 44 heavy (non-hydrogen) atoms. The zero-order chi connectivity index (χ0) is 31.5. The van der Waals surface area contributed by atoms with Gasteiger partial charge in [-0.05, 0) is 48.2 Å². The number of carbonyl (C=O) groups is 2. The van der Waals surface area contributed by atoms with E-state index >= 15 is 0 Å². The SMILES string of the molecule is CCCCNC(=O)[C@H](Cc1ccccc1)N(Cc1ccc(F)cc1)C(=O)CCCN(c1ccc2c(c1)OCCO2)S(C)(=O)=O. The van der Waals surface area contributed by atoms with Gasteiger partial charge in [0.25, 0.3) is 0 Å². The first-order chi connectivity index (χ1) is 21.2. The van der Waals surface area contributed by atoms with Gasteiger partial charge in [-0.25, -0.2) is 12.8 Å². The van der Waals surface area contributed by atoms with Gasteiger partial charge in [0.2, 0.25) is 21.8 Å². The summed E-state index contributed by atoms with van der Waals surface area (Å²) in [6, 6.07) is 19.4. The van der Waals surface area contributed by atoms with Crippen LogP contribution in [0, 0.1) is 5.82 Å². The molecule has 0 bridgehead atoms. The fraction of sp³-hybridized carbons (Fsp3) is 0.394. The number of nitrogens with one attached hydrogen (secondary N) is 1. The van der Waals surface area contributed by atoms with Gasteiger partial charge in [-0.3, -0.25) is 13.9 Å². The summed E-state index contributed by atoms with van der Waals surface area (Å²) >= 11 is 0. The lowest BCUT2D eigenvalue weighted by Crippen LogP contribution is -2.50. The van der Waals surface area contributed by atoms with E-state index < -0.39 is 21.9 Å².